The van der Waals surface area contributed by atoms with Gasteiger partial charge in [0.15, 0.2) is 0 Å². The van der Waals surface area contributed by atoms with Gasteiger partial charge >= 0.3 is 0 Å². The lowest BCUT2D eigenvalue weighted by Gasteiger charge is -2.03. The van der Waals surface area contributed by atoms with Crippen LogP contribution in [0.2, 0.25) is 0 Å². The summed E-state index contributed by atoms with van der Waals surface area (Å²) in [5.41, 5.74) is 6.88. The van der Waals surface area contributed by atoms with Crippen molar-refractivity contribution in [3.05, 3.63) is 36.1 Å². The molecule has 0 fully saturated rings. The molecule has 3 heteroatoms. The zero-order valence-electron chi connectivity index (χ0n) is 7.86. The van der Waals surface area contributed by atoms with Crippen LogP contribution in [0, 0.1) is 0 Å². The molecule has 3 nitrogen and oxygen atoms in total. The van der Waals surface area contributed by atoms with E-state index >= 15 is 0 Å². The average molecular weight is 189 g/mol. The smallest absolute Gasteiger partial charge is 0.224 e. The van der Waals surface area contributed by atoms with Crippen molar-refractivity contribution < 1.29 is 9.21 Å². The Labute approximate surface area is 81.5 Å². The maximum atomic E-state index is 11.0. The fraction of sp³-hybridized carbons (Fsp3) is 0.182. The summed E-state index contributed by atoms with van der Waals surface area (Å²) in [4.78, 5) is 11.0. The van der Waals surface area contributed by atoms with E-state index in [-0.39, 0.29) is 11.8 Å². The number of carbonyl (C=O) groups is 1. The Balaban J connectivity index is 2.58. The number of furan rings is 1. The minimum atomic E-state index is -0.337. The highest BCUT2D eigenvalue weighted by Crippen LogP contribution is 2.26. The predicted octanol–water partition coefficient (Wildman–Crippen LogP) is 2.02. The number of rotatable bonds is 2. The molecular formula is C11H11NO2. The lowest BCUT2D eigenvalue weighted by molar-refractivity contribution is -0.119. The fourth-order valence-electron chi connectivity index (χ4n) is 1.49. The van der Waals surface area contributed by atoms with Crippen molar-refractivity contribution in [2.75, 3.05) is 0 Å². The minimum absolute atomic E-state index is 0.307. The summed E-state index contributed by atoms with van der Waals surface area (Å²) in [5.74, 6) is -0.643. The highest BCUT2D eigenvalue weighted by atomic mass is 16.3. The molecule has 1 heterocycles. The van der Waals surface area contributed by atoms with E-state index in [2.05, 4.69) is 0 Å². The van der Waals surface area contributed by atoms with Crippen molar-refractivity contribution in [2.24, 2.45) is 5.73 Å². The number of para-hydroxylation sites is 1. The number of hydrogen-bond acceptors (Lipinski definition) is 2. The maximum Gasteiger partial charge on any atom is 0.224 e. The fourth-order valence-corrected chi connectivity index (χ4v) is 1.49. The van der Waals surface area contributed by atoms with Crippen molar-refractivity contribution >= 4 is 16.9 Å². The van der Waals surface area contributed by atoms with Crippen LogP contribution in [0.25, 0.3) is 11.0 Å². The molecule has 0 radical (unpaired) electrons. The summed E-state index contributed by atoms with van der Waals surface area (Å²) in [6, 6.07) is 7.60. The molecule has 72 valence electrons. The first-order valence-corrected chi connectivity index (χ1v) is 4.45. The molecule has 2 aromatic rings. The Kier molecular flexibility index (Phi) is 2.00. The van der Waals surface area contributed by atoms with E-state index in [0.29, 0.717) is 0 Å². The molecule has 1 atom stereocenters. The van der Waals surface area contributed by atoms with Crippen LogP contribution in [0.4, 0.5) is 0 Å². The first kappa shape index (κ1) is 8.81. The number of carbonyl (C=O) groups excluding carboxylic acids is 1. The second kappa shape index (κ2) is 3.18. The molecule has 0 aliphatic rings. The molecule has 0 saturated carbocycles. The third-order valence-electron chi connectivity index (χ3n) is 2.40. The minimum Gasteiger partial charge on any atom is -0.464 e. The standard InChI is InChI=1S/C11H11NO2/c1-7(11(12)13)9-6-14-10-5-3-2-4-8(9)10/h2-7H,1H3,(H2,12,13). The van der Waals surface area contributed by atoms with Crippen molar-refractivity contribution in [3.63, 3.8) is 0 Å². The number of hydrogen-bond donors (Lipinski definition) is 1. The second-order valence-corrected chi connectivity index (χ2v) is 3.31. The van der Waals surface area contributed by atoms with Crippen LogP contribution in [0.5, 0.6) is 0 Å². The molecule has 14 heavy (non-hydrogen) atoms. The van der Waals surface area contributed by atoms with Gasteiger partial charge in [0.1, 0.15) is 5.58 Å². The Morgan fingerprint density at radius 3 is 2.86 bits per heavy atom. The molecule has 0 aliphatic carbocycles. The molecule has 1 unspecified atom stereocenters. The molecule has 1 amide bonds. The SMILES string of the molecule is CC(C(N)=O)c1coc2ccccc12. The largest absolute Gasteiger partial charge is 0.464 e. The van der Waals surface area contributed by atoms with Gasteiger partial charge in [0.05, 0.1) is 12.2 Å². The van der Waals surface area contributed by atoms with Gasteiger partial charge < -0.3 is 10.2 Å². The Bertz CT molecular complexity index is 473. The van der Waals surface area contributed by atoms with E-state index < -0.39 is 0 Å². The van der Waals surface area contributed by atoms with E-state index in [1.807, 2.05) is 24.3 Å². The van der Waals surface area contributed by atoms with Gasteiger partial charge in [-0.1, -0.05) is 18.2 Å². The first-order valence-electron chi connectivity index (χ1n) is 4.45. The zero-order chi connectivity index (χ0) is 10.1. The van der Waals surface area contributed by atoms with Crippen LogP contribution >= 0.6 is 0 Å². The molecule has 2 rings (SSSR count). The van der Waals surface area contributed by atoms with Gasteiger partial charge in [-0.2, -0.15) is 0 Å². The summed E-state index contributed by atoms with van der Waals surface area (Å²) in [6.07, 6.45) is 1.60. The monoisotopic (exact) mass is 189 g/mol. The van der Waals surface area contributed by atoms with Crippen molar-refractivity contribution in [2.45, 2.75) is 12.8 Å². The lowest BCUT2D eigenvalue weighted by Crippen LogP contribution is -2.18. The van der Waals surface area contributed by atoms with E-state index in [0.717, 1.165) is 16.5 Å². The summed E-state index contributed by atoms with van der Waals surface area (Å²) in [7, 11) is 0. The third-order valence-corrected chi connectivity index (χ3v) is 2.40. The van der Waals surface area contributed by atoms with E-state index in [9.17, 15) is 4.79 Å². The Morgan fingerprint density at radius 2 is 2.14 bits per heavy atom. The maximum absolute atomic E-state index is 11.0. The first-order chi connectivity index (χ1) is 6.70. The highest BCUT2D eigenvalue weighted by Gasteiger charge is 2.16. The molecule has 2 N–H and O–H groups in total. The summed E-state index contributed by atoms with van der Waals surface area (Å²) >= 11 is 0. The number of fused-ring (bicyclic) bond motifs is 1. The molecule has 1 aromatic carbocycles. The summed E-state index contributed by atoms with van der Waals surface area (Å²) < 4.78 is 5.31. The molecule has 0 spiro atoms. The normalized spacial score (nSPS) is 12.9. The van der Waals surface area contributed by atoms with Crippen molar-refractivity contribution in [1.29, 1.82) is 0 Å². The van der Waals surface area contributed by atoms with E-state index in [1.165, 1.54) is 0 Å². The molecule has 0 aliphatic heterocycles. The summed E-state index contributed by atoms with van der Waals surface area (Å²) in [5, 5.41) is 0.957. The van der Waals surface area contributed by atoms with Gasteiger partial charge in [0, 0.05) is 10.9 Å². The zero-order valence-corrected chi connectivity index (χ0v) is 7.86. The van der Waals surface area contributed by atoms with Crippen molar-refractivity contribution in [3.8, 4) is 0 Å². The van der Waals surface area contributed by atoms with Gasteiger partial charge in [-0.25, -0.2) is 0 Å². The number of amides is 1. The molecule has 0 bridgehead atoms. The number of benzene rings is 1. The van der Waals surface area contributed by atoms with Crippen LogP contribution in [-0.4, -0.2) is 5.91 Å². The summed E-state index contributed by atoms with van der Waals surface area (Å²) in [6.45, 7) is 1.78. The number of primary amides is 1. The Hall–Kier alpha value is -1.77. The van der Waals surface area contributed by atoms with Crippen LogP contribution in [0.3, 0.4) is 0 Å². The lowest BCUT2D eigenvalue weighted by atomic mass is 10.0. The van der Waals surface area contributed by atoms with Gasteiger partial charge in [0.25, 0.3) is 0 Å². The predicted molar refractivity (Wildman–Crippen MR) is 53.8 cm³/mol. The molecule has 0 saturated heterocycles. The topological polar surface area (TPSA) is 56.2 Å². The van der Waals surface area contributed by atoms with Crippen LogP contribution in [0.15, 0.2) is 34.9 Å². The molecule has 1 aromatic heterocycles. The van der Waals surface area contributed by atoms with E-state index in [4.69, 9.17) is 10.2 Å². The highest BCUT2D eigenvalue weighted by molar-refractivity contribution is 5.89. The van der Waals surface area contributed by atoms with Crippen LogP contribution < -0.4 is 5.73 Å². The Morgan fingerprint density at radius 1 is 1.43 bits per heavy atom. The van der Waals surface area contributed by atoms with Gasteiger partial charge in [-0.05, 0) is 13.0 Å². The van der Waals surface area contributed by atoms with Gasteiger partial charge in [-0.15, -0.1) is 0 Å². The van der Waals surface area contributed by atoms with Crippen LogP contribution in [-0.2, 0) is 4.79 Å². The average Bonchev–Trinajstić information content (AvgIpc) is 2.60. The second-order valence-electron chi connectivity index (χ2n) is 3.31. The van der Waals surface area contributed by atoms with Crippen LogP contribution in [0.1, 0.15) is 18.4 Å². The van der Waals surface area contributed by atoms with E-state index in [1.54, 1.807) is 13.2 Å². The number of nitrogens with two attached hydrogens (primary N) is 1. The van der Waals surface area contributed by atoms with Gasteiger partial charge in [0.2, 0.25) is 5.91 Å². The third kappa shape index (κ3) is 1.27. The quantitative estimate of drug-likeness (QED) is 0.785. The van der Waals surface area contributed by atoms with Gasteiger partial charge in [-0.3, -0.25) is 4.79 Å². The van der Waals surface area contributed by atoms with Crippen molar-refractivity contribution in [1.82, 2.24) is 0 Å². The molecular weight excluding hydrogens is 178 g/mol.